The first-order valence-electron chi connectivity index (χ1n) is 6.35. The second kappa shape index (κ2) is 8.98. The Hall–Kier alpha value is -3.47. The van der Waals surface area contributed by atoms with Crippen LogP contribution in [0.15, 0.2) is 24.3 Å². The highest BCUT2D eigenvalue weighted by atomic mass is 16.4. The van der Waals surface area contributed by atoms with Gasteiger partial charge in [0.2, 0.25) is 0 Å². The van der Waals surface area contributed by atoms with E-state index in [1.54, 1.807) is 0 Å². The van der Waals surface area contributed by atoms with E-state index in [1.807, 2.05) is 0 Å². The summed E-state index contributed by atoms with van der Waals surface area (Å²) in [5.74, 6) is -7.14. The van der Waals surface area contributed by atoms with Crippen LogP contribution in [0, 0.1) is 0 Å². The lowest BCUT2D eigenvalue weighted by molar-refractivity contribution is -0.170. The summed E-state index contributed by atoms with van der Waals surface area (Å²) in [6, 6.07) is 5.02. The Morgan fingerprint density at radius 1 is 0.680 bits per heavy atom. The summed E-state index contributed by atoms with van der Waals surface area (Å²) < 4.78 is 0. The molecule has 0 fully saturated rings. The van der Waals surface area contributed by atoms with Gasteiger partial charge >= 0.3 is 29.8 Å². The van der Waals surface area contributed by atoms with Gasteiger partial charge in [-0.1, -0.05) is 0 Å². The van der Waals surface area contributed by atoms with Crippen LogP contribution < -0.4 is 0 Å². The van der Waals surface area contributed by atoms with Gasteiger partial charge in [0.1, 0.15) is 0 Å². The summed E-state index contributed by atoms with van der Waals surface area (Å²) in [7, 11) is 0. The van der Waals surface area contributed by atoms with Crippen molar-refractivity contribution in [3.63, 3.8) is 0 Å². The molecule has 11 heteroatoms. The predicted octanol–water partition coefficient (Wildman–Crippen LogP) is -0.165. The first-order chi connectivity index (χ1) is 11.4. The molecule has 136 valence electrons. The quantitative estimate of drug-likeness (QED) is 0.377. The Balaban J connectivity index is 0.000000462. The highest BCUT2D eigenvalue weighted by Crippen LogP contribution is 2.15. The second-order valence-electron chi connectivity index (χ2n) is 4.67. The Morgan fingerprint density at radius 2 is 0.960 bits per heavy atom. The van der Waals surface area contributed by atoms with Gasteiger partial charge in [0.25, 0.3) is 0 Å². The molecule has 0 bridgehead atoms. The van der Waals surface area contributed by atoms with Crippen LogP contribution in [0.5, 0.6) is 0 Å². The van der Waals surface area contributed by atoms with E-state index in [-0.39, 0.29) is 11.1 Å². The number of carboxylic acid groups (broad SMARTS) is 5. The van der Waals surface area contributed by atoms with Gasteiger partial charge in [-0.05, 0) is 24.3 Å². The number of rotatable bonds is 7. The Bertz CT molecular complexity index is 626. The molecule has 0 radical (unpaired) electrons. The third-order valence-electron chi connectivity index (χ3n) is 2.66. The van der Waals surface area contributed by atoms with Gasteiger partial charge in [-0.3, -0.25) is 9.59 Å². The van der Waals surface area contributed by atoms with E-state index in [0.717, 1.165) is 0 Å². The minimum atomic E-state index is -2.74. The van der Waals surface area contributed by atoms with Crippen molar-refractivity contribution in [1.82, 2.24) is 0 Å². The Labute approximate surface area is 139 Å². The lowest BCUT2D eigenvalue weighted by Crippen LogP contribution is -2.42. The Morgan fingerprint density at radius 3 is 1.12 bits per heavy atom. The number of aliphatic hydroxyl groups is 1. The van der Waals surface area contributed by atoms with Crippen molar-refractivity contribution in [2.24, 2.45) is 0 Å². The van der Waals surface area contributed by atoms with Crippen LogP contribution in [0.2, 0.25) is 0 Å². The molecule has 0 spiro atoms. The second-order valence-corrected chi connectivity index (χ2v) is 4.67. The molecule has 0 aliphatic carbocycles. The van der Waals surface area contributed by atoms with Crippen LogP contribution in [-0.4, -0.2) is 66.1 Å². The number of carboxylic acids is 5. The largest absolute Gasteiger partial charge is 0.481 e. The summed E-state index contributed by atoms with van der Waals surface area (Å²) in [6.07, 6.45) is -2.29. The van der Waals surface area contributed by atoms with Crippen molar-refractivity contribution in [2.45, 2.75) is 18.4 Å². The standard InChI is InChI=1S/C8H6O4.C6H8O7/c9-7(10)5-1-2-6(4-3-5)8(11)12;7-3(8)1-6(13,5(11)12)2-4(9)10/h1-4H,(H,9,10)(H,11,12);13H,1-2H2,(H,7,8)(H,9,10)(H,11,12). The van der Waals surface area contributed by atoms with Gasteiger partial charge < -0.3 is 30.6 Å². The number of aromatic carboxylic acids is 2. The predicted molar refractivity (Wildman–Crippen MR) is 77.5 cm³/mol. The molecule has 11 nitrogen and oxygen atoms in total. The fourth-order valence-electron chi connectivity index (χ4n) is 1.47. The maximum Gasteiger partial charge on any atom is 0.336 e. The Kier molecular flexibility index (Phi) is 7.73. The molecule has 0 heterocycles. The minimum Gasteiger partial charge on any atom is -0.481 e. The normalized spacial score (nSPS) is 10.1. The van der Waals surface area contributed by atoms with Gasteiger partial charge in [-0.15, -0.1) is 0 Å². The molecule has 25 heavy (non-hydrogen) atoms. The summed E-state index contributed by atoms with van der Waals surface area (Å²) in [6.45, 7) is 0. The van der Waals surface area contributed by atoms with E-state index in [0.29, 0.717) is 0 Å². The molecule has 1 aromatic rings. The minimum absolute atomic E-state index is 0.0833. The van der Waals surface area contributed by atoms with Crippen molar-refractivity contribution in [2.75, 3.05) is 0 Å². The monoisotopic (exact) mass is 358 g/mol. The number of hydrogen-bond acceptors (Lipinski definition) is 6. The molecule has 6 N–H and O–H groups in total. The van der Waals surface area contributed by atoms with Crippen molar-refractivity contribution >= 4 is 29.8 Å². The lowest BCUT2D eigenvalue weighted by Gasteiger charge is -2.18. The van der Waals surface area contributed by atoms with Gasteiger partial charge in [0.05, 0.1) is 24.0 Å². The number of aliphatic carboxylic acids is 3. The maximum absolute atomic E-state index is 10.3. The fraction of sp³-hybridized carbons (Fsp3) is 0.214. The van der Waals surface area contributed by atoms with Crippen LogP contribution in [0.1, 0.15) is 33.6 Å². The first-order valence-corrected chi connectivity index (χ1v) is 6.35. The third kappa shape index (κ3) is 7.56. The maximum atomic E-state index is 10.3. The molecule has 0 unspecified atom stereocenters. The average Bonchev–Trinajstić information content (AvgIpc) is 2.46. The van der Waals surface area contributed by atoms with Crippen LogP contribution in [0.4, 0.5) is 0 Å². The highest BCUT2D eigenvalue weighted by Gasteiger charge is 2.40. The highest BCUT2D eigenvalue weighted by molar-refractivity contribution is 5.91. The van der Waals surface area contributed by atoms with E-state index in [1.165, 1.54) is 24.3 Å². The van der Waals surface area contributed by atoms with E-state index in [4.69, 9.17) is 30.6 Å². The lowest BCUT2D eigenvalue weighted by atomic mass is 9.96. The van der Waals surface area contributed by atoms with Crippen molar-refractivity contribution < 1.29 is 54.6 Å². The van der Waals surface area contributed by atoms with Crippen LogP contribution in [0.3, 0.4) is 0 Å². The van der Waals surface area contributed by atoms with E-state index in [9.17, 15) is 24.0 Å². The van der Waals surface area contributed by atoms with Crippen LogP contribution in [0.25, 0.3) is 0 Å². The number of hydrogen-bond donors (Lipinski definition) is 6. The summed E-state index contributed by atoms with van der Waals surface area (Å²) >= 11 is 0. The van der Waals surface area contributed by atoms with Gasteiger partial charge in [0, 0.05) is 0 Å². The molecule has 0 saturated carbocycles. The average molecular weight is 358 g/mol. The topological polar surface area (TPSA) is 207 Å². The zero-order valence-corrected chi connectivity index (χ0v) is 12.4. The fourth-order valence-corrected chi connectivity index (χ4v) is 1.47. The smallest absolute Gasteiger partial charge is 0.336 e. The molecular weight excluding hydrogens is 344 g/mol. The molecule has 1 aromatic carbocycles. The zero-order valence-electron chi connectivity index (χ0n) is 12.4. The van der Waals surface area contributed by atoms with Crippen molar-refractivity contribution in [3.05, 3.63) is 35.4 Å². The third-order valence-corrected chi connectivity index (χ3v) is 2.66. The van der Waals surface area contributed by atoms with E-state index >= 15 is 0 Å². The van der Waals surface area contributed by atoms with Crippen LogP contribution in [-0.2, 0) is 14.4 Å². The summed E-state index contributed by atoms with van der Waals surface area (Å²) in [4.78, 5) is 51.2. The molecular formula is C14H14O11. The molecule has 0 aromatic heterocycles. The number of benzene rings is 1. The van der Waals surface area contributed by atoms with Gasteiger partial charge in [-0.25, -0.2) is 14.4 Å². The molecule has 1 rings (SSSR count). The van der Waals surface area contributed by atoms with Gasteiger partial charge in [0.15, 0.2) is 5.60 Å². The molecule has 0 aliphatic rings. The summed E-state index contributed by atoms with van der Waals surface area (Å²) in [5.41, 5.74) is -2.57. The SMILES string of the molecule is O=C(O)CC(O)(CC(=O)O)C(=O)O.O=C(O)c1ccc(C(=O)O)cc1. The molecule has 0 aliphatic heterocycles. The van der Waals surface area contributed by atoms with Crippen molar-refractivity contribution in [3.8, 4) is 0 Å². The summed E-state index contributed by atoms with van der Waals surface area (Å²) in [5, 5.41) is 50.7. The number of carbonyl (C=O) groups is 5. The van der Waals surface area contributed by atoms with Crippen molar-refractivity contribution in [1.29, 1.82) is 0 Å². The van der Waals surface area contributed by atoms with Crippen LogP contribution >= 0.6 is 0 Å². The molecule has 0 amide bonds. The zero-order chi connectivity index (χ0) is 19.8. The molecule has 0 saturated heterocycles. The van der Waals surface area contributed by atoms with Gasteiger partial charge in [-0.2, -0.15) is 0 Å². The first kappa shape index (κ1) is 21.5. The van der Waals surface area contributed by atoms with E-state index in [2.05, 4.69) is 0 Å². The van der Waals surface area contributed by atoms with E-state index < -0.39 is 48.3 Å². The molecule has 0 atom stereocenters.